The SMILES string of the molecule is CCCCC(CC)COC(=O)c1ccc(N=Nc2c(C)c(C#N)c(O)n(CC)c2=O)cc1.CCCCOC(=O)c1ccc(N=Nc2c(C)c(C#N)c(O)n(CC)c2=O)cc1.CCCCn1c(O)c(C#N)c(C)c(N=Nc2ccc(C(=O)OCC)cc2)c1=O.CCCCn1c(O)c(C#N)c(CC)c(N=Nc2ccc(C(=O)OCC)cc2)c1=O. The van der Waals surface area contributed by atoms with Gasteiger partial charge >= 0.3 is 23.9 Å². The lowest BCUT2D eigenvalue weighted by Crippen LogP contribution is -2.22. The Morgan fingerprint density at radius 1 is 0.376 bits per heavy atom. The first-order valence-corrected chi connectivity index (χ1v) is 38.5. The highest BCUT2D eigenvalue weighted by atomic mass is 16.5. The summed E-state index contributed by atoms with van der Waals surface area (Å²) >= 11 is 0. The number of unbranched alkanes of at least 4 members (excludes halogenated alkanes) is 4. The summed E-state index contributed by atoms with van der Waals surface area (Å²) in [7, 11) is 0. The largest absolute Gasteiger partial charge is 0.493 e. The van der Waals surface area contributed by atoms with Crippen molar-refractivity contribution in [1.29, 1.82) is 21.0 Å². The fourth-order valence-corrected chi connectivity index (χ4v) is 11.2. The van der Waals surface area contributed by atoms with Crippen molar-refractivity contribution >= 4 is 69.4 Å². The van der Waals surface area contributed by atoms with Gasteiger partial charge in [-0.1, -0.05) is 80.1 Å². The van der Waals surface area contributed by atoms with E-state index < -0.39 is 40.1 Å². The lowest BCUT2D eigenvalue weighted by atomic mass is 10.0. The van der Waals surface area contributed by atoms with Crippen LogP contribution < -0.4 is 22.2 Å². The van der Waals surface area contributed by atoms with Gasteiger partial charge in [-0.25, -0.2) is 19.2 Å². The summed E-state index contributed by atoms with van der Waals surface area (Å²) in [5.41, 5.74) is 2.43. The third-order valence-corrected chi connectivity index (χ3v) is 18.1. The van der Waals surface area contributed by atoms with Crippen LogP contribution >= 0.6 is 0 Å². The van der Waals surface area contributed by atoms with Crippen molar-refractivity contribution in [3.63, 3.8) is 0 Å². The Bertz CT molecular complexity index is 5360. The molecule has 1 unspecified atom stereocenters. The Morgan fingerprint density at radius 3 is 0.966 bits per heavy atom. The topological polar surface area (TPSA) is 468 Å². The van der Waals surface area contributed by atoms with Crippen LogP contribution in [-0.2, 0) is 51.5 Å². The first-order valence-electron chi connectivity index (χ1n) is 38.5. The number of carbonyl (C=O) groups is 4. The number of rotatable bonds is 32. The number of aromatic nitrogens is 4. The highest BCUT2D eigenvalue weighted by Gasteiger charge is 2.24. The van der Waals surface area contributed by atoms with Gasteiger partial charge in [-0.2, -0.15) is 41.5 Å². The van der Waals surface area contributed by atoms with E-state index in [1.807, 2.05) is 45.0 Å². The van der Waals surface area contributed by atoms with E-state index in [0.717, 1.165) is 65.1 Å². The van der Waals surface area contributed by atoms with Gasteiger partial charge in [0.15, 0.2) is 22.7 Å². The van der Waals surface area contributed by atoms with Crippen LogP contribution in [0.4, 0.5) is 45.5 Å². The molecule has 0 bridgehead atoms. The second-order valence-electron chi connectivity index (χ2n) is 26.0. The van der Waals surface area contributed by atoms with Gasteiger partial charge in [0.1, 0.15) is 46.5 Å². The molecule has 0 spiro atoms. The van der Waals surface area contributed by atoms with Crippen LogP contribution in [0.15, 0.2) is 157 Å². The summed E-state index contributed by atoms with van der Waals surface area (Å²) in [5.74, 6) is -2.73. The molecule has 0 saturated heterocycles. The Hall–Kier alpha value is -13.9. The number of pyridine rings is 4. The van der Waals surface area contributed by atoms with E-state index in [9.17, 15) is 79.8 Å². The molecule has 32 nitrogen and oxygen atoms in total. The van der Waals surface area contributed by atoms with Gasteiger partial charge in [-0.3, -0.25) is 37.4 Å². The molecular weight excluding hydrogens is 1500 g/mol. The Morgan fingerprint density at radius 2 is 0.667 bits per heavy atom. The number of ether oxygens (including phenoxy) is 4. The number of hydrogen-bond donors (Lipinski definition) is 4. The van der Waals surface area contributed by atoms with Gasteiger partial charge in [0.25, 0.3) is 22.2 Å². The number of benzene rings is 4. The van der Waals surface area contributed by atoms with E-state index in [4.69, 9.17) is 18.9 Å². The molecule has 0 fully saturated rings. The maximum atomic E-state index is 12.9. The lowest BCUT2D eigenvalue weighted by Gasteiger charge is -2.14. The molecule has 4 aromatic heterocycles. The fraction of sp³-hybridized carbons (Fsp3) is 0.388. The molecule has 614 valence electrons. The molecule has 0 aliphatic carbocycles. The van der Waals surface area contributed by atoms with E-state index in [1.165, 1.54) is 18.4 Å². The van der Waals surface area contributed by atoms with Crippen molar-refractivity contribution in [2.45, 2.75) is 187 Å². The fourth-order valence-electron chi connectivity index (χ4n) is 11.2. The second kappa shape index (κ2) is 47.6. The minimum atomic E-state index is -0.531. The molecule has 4 N–H and O–H groups in total. The third kappa shape index (κ3) is 25.1. The summed E-state index contributed by atoms with van der Waals surface area (Å²) < 4.78 is 24.9. The third-order valence-electron chi connectivity index (χ3n) is 18.1. The quantitative estimate of drug-likeness (QED) is 0.0132. The molecule has 0 amide bonds. The van der Waals surface area contributed by atoms with E-state index in [1.54, 1.807) is 139 Å². The minimum Gasteiger partial charge on any atom is -0.493 e. The molecule has 117 heavy (non-hydrogen) atoms. The van der Waals surface area contributed by atoms with Gasteiger partial charge in [-0.15, -0.1) is 20.5 Å². The molecule has 0 aliphatic heterocycles. The highest BCUT2D eigenvalue weighted by molar-refractivity contribution is 5.91. The smallest absolute Gasteiger partial charge is 0.338 e. The molecule has 4 aromatic carbocycles. The summed E-state index contributed by atoms with van der Waals surface area (Å²) in [6, 6.07) is 32.9. The summed E-state index contributed by atoms with van der Waals surface area (Å²) in [5, 5.41) is 110. The van der Waals surface area contributed by atoms with E-state index in [0.29, 0.717) is 89.0 Å². The molecule has 0 radical (unpaired) electrons. The summed E-state index contributed by atoms with van der Waals surface area (Å²) in [4.78, 5) is 98.2. The summed E-state index contributed by atoms with van der Waals surface area (Å²) in [6.07, 6.45) is 9.35. The zero-order valence-corrected chi connectivity index (χ0v) is 68.1. The van der Waals surface area contributed by atoms with Gasteiger partial charge in [0.05, 0.1) is 71.4 Å². The van der Waals surface area contributed by atoms with Gasteiger partial charge in [0, 0.05) is 48.4 Å². The van der Waals surface area contributed by atoms with Crippen LogP contribution in [-0.4, -0.2) is 89.0 Å². The van der Waals surface area contributed by atoms with Crippen molar-refractivity contribution in [3.05, 3.63) is 205 Å². The first-order chi connectivity index (χ1) is 56.2. The van der Waals surface area contributed by atoms with Crippen LogP contribution in [0.3, 0.4) is 0 Å². The van der Waals surface area contributed by atoms with E-state index >= 15 is 0 Å². The maximum absolute atomic E-state index is 12.9. The molecule has 8 aromatic rings. The molecule has 4 heterocycles. The monoisotopic (exact) mass is 1600 g/mol. The highest BCUT2D eigenvalue weighted by Crippen LogP contribution is 2.33. The molecular formula is C85H98N16O16. The molecule has 8 rings (SSSR count). The number of nitrogens with zero attached hydrogens (tertiary/aromatic N) is 16. The van der Waals surface area contributed by atoms with Gasteiger partial charge in [0.2, 0.25) is 23.5 Å². The van der Waals surface area contributed by atoms with E-state index in [-0.39, 0.29) is 131 Å². The Balaban J connectivity index is 0.000000278. The molecule has 1 atom stereocenters. The Kier molecular flexibility index (Phi) is 38.1. The van der Waals surface area contributed by atoms with Crippen LogP contribution in [0.2, 0.25) is 0 Å². The maximum Gasteiger partial charge on any atom is 0.338 e. The first kappa shape index (κ1) is 93.7. The van der Waals surface area contributed by atoms with Crippen LogP contribution in [0.1, 0.15) is 219 Å². The van der Waals surface area contributed by atoms with Crippen molar-refractivity contribution in [1.82, 2.24) is 18.3 Å². The number of carbonyl (C=O) groups excluding carboxylic acids is 4. The number of esters is 4. The lowest BCUT2D eigenvalue weighted by molar-refractivity contribution is 0.0426. The average molecular weight is 1600 g/mol. The standard InChI is InChI=1S/C24H30N4O4.C21H24N4O4.2C20H22N4O4/c1-5-8-9-17(6-2)15-32-24(31)18-10-12-19(13-11-18)26-27-21-16(4)20(14-25)22(29)28(7-3)23(21)30;1-4-7-12-25-19(26)17(13-22)16(5-2)18(20(25)27)24-23-15-10-8-14(9-11-15)21(28)29-6-3;1-4-6-11-24-18(25)16(12-21)13(3)17(19(24)26)23-22-15-9-7-14(8-10-15)20(27)28-5-2;1-4-6-11-28-20(27)14-7-9-15(10-8-14)22-23-17-13(3)16(12-21)18(25)24(5-2)19(17)26/h10-13,17,29H,5-9,15H2,1-4H3;8-11,26H,4-7,12H2,1-3H3;2*7-10,25H,4-6,11H2,1-3H3. The van der Waals surface area contributed by atoms with Crippen molar-refractivity contribution in [2.24, 2.45) is 46.8 Å². The van der Waals surface area contributed by atoms with Crippen molar-refractivity contribution in [2.75, 3.05) is 26.4 Å². The number of azo groups is 4. The summed E-state index contributed by atoms with van der Waals surface area (Å²) in [6.45, 7) is 25.7. The minimum absolute atomic E-state index is 0.0000719. The van der Waals surface area contributed by atoms with Crippen LogP contribution in [0.5, 0.6) is 23.5 Å². The Labute approximate surface area is 677 Å². The molecule has 32 heteroatoms. The number of aromatic hydroxyl groups is 4. The predicted octanol–water partition coefficient (Wildman–Crippen LogP) is 18.2. The van der Waals surface area contributed by atoms with Crippen LogP contribution in [0.25, 0.3) is 0 Å². The predicted molar refractivity (Wildman–Crippen MR) is 436 cm³/mol. The van der Waals surface area contributed by atoms with Crippen LogP contribution in [0, 0.1) is 72.0 Å². The van der Waals surface area contributed by atoms with E-state index in [2.05, 4.69) is 54.8 Å². The van der Waals surface area contributed by atoms with Crippen molar-refractivity contribution in [3.8, 4) is 47.8 Å². The zero-order valence-electron chi connectivity index (χ0n) is 68.1. The van der Waals surface area contributed by atoms with Gasteiger partial charge < -0.3 is 39.4 Å². The zero-order chi connectivity index (χ0) is 86.4. The number of nitriles is 4. The normalized spacial score (nSPS) is 11.1. The molecule has 0 aliphatic rings. The molecule has 0 saturated carbocycles. The average Bonchev–Trinajstić information content (AvgIpc) is 0.801. The van der Waals surface area contributed by atoms with Crippen molar-refractivity contribution < 1.29 is 58.6 Å². The number of hydrogen-bond acceptors (Lipinski definition) is 28. The van der Waals surface area contributed by atoms with Gasteiger partial charge in [-0.05, 0) is 184 Å². The second-order valence-corrected chi connectivity index (χ2v) is 26.0.